The van der Waals surface area contributed by atoms with Gasteiger partial charge in [-0.1, -0.05) is 48.9 Å². The van der Waals surface area contributed by atoms with E-state index in [1.54, 1.807) is 17.0 Å². The van der Waals surface area contributed by atoms with Crippen LogP contribution in [-0.2, 0) is 9.59 Å². The predicted molar refractivity (Wildman–Crippen MR) is 154 cm³/mol. The molecule has 1 aliphatic heterocycles. The fourth-order valence-electron chi connectivity index (χ4n) is 3.77. The van der Waals surface area contributed by atoms with Crippen LogP contribution in [0.15, 0.2) is 82.7 Å². The number of hydrogen-bond acceptors (Lipinski definition) is 6. The minimum absolute atomic E-state index is 0.0115. The van der Waals surface area contributed by atoms with E-state index in [4.69, 9.17) is 14.5 Å². The largest absolute Gasteiger partial charge is 0.493 e. The lowest BCUT2D eigenvalue weighted by molar-refractivity contribution is -0.123. The summed E-state index contributed by atoms with van der Waals surface area (Å²) >= 11 is 1.36. The Morgan fingerprint density at radius 2 is 1.82 bits per heavy atom. The lowest BCUT2D eigenvalue weighted by Crippen LogP contribution is -2.36. The zero-order valence-electron chi connectivity index (χ0n) is 21.9. The number of amides is 2. The van der Waals surface area contributed by atoms with E-state index in [-0.39, 0.29) is 24.5 Å². The third-order valence-corrected chi connectivity index (χ3v) is 7.01. The molecule has 196 valence electrons. The number of hydrogen-bond donors (Lipinski definition) is 1. The Kier molecular flexibility index (Phi) is 8.86. The van der Waals surface area contributed by atoms with E-state index in [2.05, 4.69) is 12.2 Å². The number of carbonyl (C=O) groups excluding carboxylic acids is 2. The number of nitrogens with one attached hydrogen (secondary N) is 1. The summed E-state index contributed by atoms with van der Waals surface area (Å²) in [5.41, 5.74) is 3.44. The number of nitrogens with zero attached hydrogens (tertiary/aromatic N) is 2. The number of ether oxygens (including phenoxy) is 2. The highest BCUT2D eigenvalue weighted by atomic mass is 32.2. The summed E-state index contributed by atoms with van der Waals surface area (Å²) in [6, 6.07) is 22.5. The molecule has 1 atom stereocenters. The fourth-order valence-corrected chi connectivity index (χ4v) is 4.86. The number of anilines is 1. The van der Waals surface area contributed by atoms with Gasteiger partial charge in [0.05, 0.1) is 17.7 Å². The second-order valence-corrected chi connectivity index (χ2v) is 9.90. The van der Waals surface area contributed by atoms with Crippen molar-refractivity contribution in [2.75, 3.05) is 19.0 Å². The van der Waals surface area contributed by atoms with Crippen molar-refractivity contribution in [3.63, 3.8) is 0 Å². The molecule has 3 aromatic rings. The summed E-state index contributed by atoms with van der Waals surface area (Å²) in [6.07, 6.45) is 2.64. The van der Waals surface area contributed by atoms with Crippen LogP contribution in [-0.4, -0.2) is 41.6 Å². The van der Waals surface area contributed by atoms with Crippen LogP contribution in [0.3, 0.4) is 0 Å². The molecule has 0 spiro atoms. The highest BCUT2D eigenvalue weighted by molar-refractivity contribution is 8.18. The first-order chi connectivity index (χ1) is 18.4. The quantitative estimate of drug-likeness (QED) is 0.324. The van der Waals surface area contributed by atoms with Gasteiger partial charge in [0, 0.05) is 11.7 Å². The molecule has 0 saturated carbocycles. The Bertz CT molecular complexity index is 1350. The van der Waals surface area contributed by atoms with Crippen molar-refractivity contribution in [3.8, 4) is 11.5 Å². The van der Waals surface area contributed by atoms with Crippen LogP contribution in [0.4, 0.5) is 11.4 Å². The molecule has 0 bridgehead atoms. The van der Waals surface area contributed by atoms with Crippen LogP contribution in [0, 0.1) is 6.92 Å². The third-order valence-electron chi connectivity index (χ3n) is 6.03. The minimum atomic E-state index is -0.275. The number of methoxy groups -OCH3 is 1. The van der Waals surface area contributed by atoms with Crippen LogP contribution in [0.2, 0.25) is 0 Å². The van der Waals surface area contributed by atoms with E-state index in [1.165, 1.54) is 18.9 Å². The molecule has 0 aliphatic carbocycles. The zero-order valence-corrected chi connectivity index (χ0v) is 22.7. The van der Waals surface area contributed by atoms with Crippen molar-refractivity contribution in [3.05, 3.63) is 88.8 Å². The maximum absolute atomic E-state index is 13.4. The summed E-state index contributed by atoms with van der Waals surface area (Å²) < 4.78 is 11.2. The first-order valence-corrected chi connectivity index (χ1v) is 13.2. The molecule has 0 aromatic heterocycles. The first-order valence-electron chi connectivity index (χ1n) is 12.4. The van der Waals surface area contributed by atoms with E-state index in [9.17, 15) is 9.59 Å². The summed E-state index contributed by atoms with van der Waals surface area (Å²) in [4.78, 5) is 32.7. The molecule has 1 saturated heterocycles. The average Bonchev–Trinajstić information content (AvgIpc) is 3.23. The zero-order chi connectivity index (χ0) is 27.1. The van der Waals surface area contributed by atoms with Gasteiger partial charge in [-0.25, -0.2) is 4.99 Å². The molecule has 0 unspecified atom stereocenters. The van der Waals surface area contributed by atoms with Gasteiger partial charge < -0.3 is 14.8 Å². The van der Waals surface area contributed by atoms with E-state index in [1.807, 2.05) is 80.6 Å². The molecule has 2 amide bonds. The Morgan fingerprint density at radius 1 is 1.08 bits per heavy atom. The monoisotopic (exact) mass is 529 g/mol. The van der Waals surface area contributed by atoms with Crippen molar-refractivity contribution >= 4 is 46.2 Å². The standard InChI is InChI=1S/C30H31N3O4S/c1-5-21(3)33-29(35)27(38-30(33)32-24-14-11-20(2)12-15-24)18-22-13-16-25(26(17-22)36-4)37-19-28(34)31-23-9-7-6-8-10-23/h6-18,21H,5,19H2,1-4H3,(H,31,34)/b27-18+,32-30?/t21-/m0/s1. The van der Waals surface area contributed by atoms with E-state index in [0.717, 1.165) is 23.2 Å². The van der Waals surface area contributed by atoms with Crippen molar-refractivity contribution in [2.45, 2.75) is 33.2 Å². The van der Waals surface area contributed by atoms with Crippen LogP contribution < -0.4 is 14.8 Å². The highest BCUT2D eigenvalue weighted by Crippen LogP contribution is 2.37. The number of rotatable bonds is 9. The van der Waals surface area contributed by atoms with Crippen LogP contribution in [0.5, 0.6) is 11.5 Å². The average molecular weight is 530 g/mol. The number of thioether (sulfide) groups is 1. The van der Waals surface area contributed by atoms with E-state index in [0.29, 0.717) is 27.3 Å². The van der Waals surface area contributed by atoms with Crippen molar-refractivity contribution in [1.29, 1.82) is 0 Å². The van der Waals surface area contributed by atoms with Crippen molar-refractivity contribution < 1.29 is 19.1 Å². The molecule has 1 aliphatic rings. The molecule has 0 radical (unpaired) electrons. The van der Waals surface area contributed by atoms with Gasteiger partial charge in [0.2, 0.25) is 0 Å². The number of para-hydroxylation sites is 1. The summed E-state index contributed by atoms with van der Waals surface area (Å²) in [6.45, 7) is 5.94. The first kappa shape index (κ1) is 27.0. The maximum atomic E-state index is 13.4. The Morgan fingerprint density at radius 3 is 2.50 bits per heavy atom. The molecule has 1 N–H and O–H groups in total. The SMILES string of the molecule is CC[C@H](C)N1C(=O)/C(=C\c2ccc(OCC(=O)Nc3ccccc3)c(OC)c2)SC1=Nc1ccc(C)cc1. The minimum Gasteiger partial charge on any atom is -0.493 e. The lowest BCUT2D eigenvalue weighted by Gasteiger charge is -2.22. The number of benzene rings is 3. The van der Waals surface area contributed by atoms with E-state index < -0.39 is 0 Å². The van der Waals surface area contributed by atoms with Crippen LogP contribution in [0.1, 0.15) is 31.4 Å². The van der Waals surface area contributed by atoms with Gasteiger partial charge in [0.1, 0.15) is 0 Å². The summed E-state index contributed by atoms with van der Waals surface area (Å²) in [5.74, 6) is 0.552. The molecule has 8 heteroatoms. The van der Waals surface area contributed by atoms with E-state index >= 15 is 0 Å². The second-order valence-electron chi connectivity index (χ2n) is 8.89. The summed E-state index contributed by atoms with van der Waals surface area (Å²) in [7, 11) is 1.54. The van der Waals surface area contributed by atoms with Gasteiger partial charge >= 0.3 is 0 Å². The topological polar surface area (TPSA) is 80.2 Å². The van der Waals surface area contributed by atoms with Gasteiger partial charge in [-0.05, 0) is 80.1 Å². The molecule has 4 rings (SSSR count). The number of aryl methyl sites for hydroxylation is 1. The smallest absolute Gasteiger partial charge is 0.266 e. The third kappa shape index (κ3) is 6.63. The van der Waals surface area contributed by atoms with Gasteiger partial charge in [-0.3, -0.25) is 14.5 Å². The molecule has 3 aromatic carbocycles. The molecular weight excluding hydrogens is 498 g/mol. The summed E-state index contributed by atoms with van der Waals surface area (Å²) in [5, 5.41) is 3.45. The number of aliphatic imine (C=N–C) groups is 1. The van der Waals surface area contributed by atoms with Gasteiger partial charge in [-0.15, -0.1) is 0 Å². The normalized spacial score (nSPS) is 16.1. The lowest BCUT2D eigenvalue weighted by atomic mass is 10.1. The van der Waals surface area contributed by atoms with Gasteiger partial charge in [-0.2, -0.15) is 0 Å². The fraction of sp³-hybridized carbons (Fsp3) is 0.233. The Hall–Kier alpha value is -4.04. The highest BCUT2D eigenvalue weighted by Gasteiger charge is 2.36. The molecule has 1 fully saturated rings. The van der Waals surface area contributed by atoms with Gasteiger partial charge in [0.25, 0.3) is 11.8 Å². The second kappa shape index (κ2) is 12.5. The molecule has 1 heterocycles. The van der Waals surface area contributed by atoms with Gasteiger partial charge in [0.15, 0.2) is 23.3 Å². The Labute approximate surface area is 227 Å². The maximum Gasteiger partial charge on any atom is 0.266 e. The number of amidine groups is 1. The predicted octanol–water partition coefficient (Wildman–Crippen LogP) is 6.42. The molecule has 7 nitrogen and oxygen atoms in total. The van der Waals surface area contributed by atoms with Crippen LogP contribution in [0.25, 0.3) is 6.08 Å². The van der Waals surface area contributed by atoms with Crippen molar-refractivity contribution in [2.24, 2.45) is 4.99 Å². The van der Waals surface area contributed by atoms with Crippen LogP contribution >= 0.6 is 11.8 Å². The van der Waals surface area contributed by atoms with Crippen molar-refractivity contribution in [1.82, 2.24) is 4.90 Å². The Balaban J connectivity index is 1.51. The number of carbonyl (C=O) groups is 2. The molecule has 38 heavy (non-hydrogen) atoms. The molecular formula is C30H31N3O4S.